The lowest BCUT2D eigenvalue weighted by Gasteiger charge is -2.16. The first-order valence-electron chi connectivity index (χ1n) is 7.87. The van der Waals surface area contributed by atoms with Gasteiger partial charge in [-0.05, 0) is 43.3 Å². The van der Waals surface area contributed by atoms with Crippen LogP contribution in [0.25, 0.3) is 0 Å². The Morgan fingerprint density at radius 3 is 2.44 bits per heavy atom. The van der Waals surface area contributed by atoms with Crippen LogP contribution in [-0.2, 0) is 6.54 Å². The zero-order valence-electron chi connectivity index (χ0n) is 14.1. The Labute approximate surface area is 146 Å². The number of hydrogen-bond donors (Lipinski definition) is 1. The van der Waals surface area contributed by atoms with Crippen LogP contribution in [0.3, 0.4) is 0 Å². The van der Waals surface area contributed by atoms with Gasteiger partial charge in [0.15, 0.2) is 0 Å². The van der Waals surface area contributed by atoms with E-state index in [0.717, 1.165) is 11.5 Å². The van der Waals surface area contributed by atoms with E-state index in [1.807, 2.05) is 49.4 Å². The van der Waals surface area contributed by atoms with E-state index >= 15 is 0 Å². The van der Waals surface area contributed by atoms with Crippen LogP contribution in [0.1, 0.15) is 11.5 Å². The largest absolute Gasteiger partial charge is 0.457 e. The van der Waals surface area contributed by atoms with E-state index in [4.69, 9.17) is 9.26 Å². The minimum atomic E-state index is -0.225. The van der Waals surface area contributed by atoms with Crippen molar-refractivity contribution in [3.05, 3.63) is 72.1 Å². The summed E-state index contributed by atoms with van der Waals surface area (Å²) >= 11 is 0. The highest BCUT2D eigenvalue weighted by Gasteiger charge is 2.11. The van der Waals surface area contributed by atoms with Gasteiger partial charge in [0.2, 0.25) is 0 Å². The molecule has 0 unspecified atom stereocenters. The predicted molar refractivity (Wildman–Crippen MR) is 94.7 cm³/mol. The molecule has 0 aliphatic heterocycles. The second kappa shape index (κ2) is 7.53. The highest BCUT2D eigenvalue weighted by Crippen LogP contribution is 2.22. The summed E-state index contributed by atoms with van der Waals surface area (Å²) in [6.07, 6.45) is 0. The fraction of sp³-hybridized carbons (Fsp3) is 0.158. The fourth-order valence-electron chi connectivity index (χ4n) is 2.26. The number of nitrogens with one attached hydrogen (secondary N) is 1. The summed E-state index contributed by atoms with van der Waals surface area (Å²) in [4.78, 5) is 13.8. The van der Waals surface area contributed by atoms with E-state index in [1.54, 1.807) is 25.2 Å². The molecule has 6 nitrogen and oxygen atoms in total. The molecule has 0 fully saturated rings. The van der Waals surface area contributed by atoms with Crippen molar-refractivity contribution in [3.63, 3.8) is 0 Å². The molecule has 25 heavy (non-hydrogen) atoms. The van der Waals surface area contributed by atoms with Gasteiger partial charge in [0.05, 0.1) is 6.54 Å². The summed E-state index contributed by atoms with van der Waals surface area (Å²) in [7, 11) is 1.70. The van der Waals surface area contributed by atoms with Gasteiger partial charge in [-0.2, -0.15) is 0 Å². The van der Waals surface area contributed by atoms with E-state index in [1.165, 1.54) is 4.90 Å². The zero-order chi connectivity index (χ0) is 17.6. The number of para-hydroxylation sites is 1. The molecule has 1 heterocycles. The maximum Gasteiger partial charge on any atom is 0.321 e. The Balaban J connectivity index is 1.56. The van der Waals surface area contributed by atoms with Gasteiger partial charge < -0.3 is 19.5 Å². The molecule has 3 rings (SSSR count). The highest BCUT2D eigenvalue weighted by atomic mass is 16.5. The molecule has 6 heteroatoms. The third-order valence-corrected chi connectivity index (χ3v) is 3.51. The number of ether oxygens (including phenoxy) is 1. The van der Waals surface area contributed by atoms with Gasteiger partial charge in [-0.15, -0.1) is 0 Å². The first-order valence-corrected chi connectivity index (χ1v) is 7.87. The van der Waals surface area contributed by atoms with Crippen LogP contribution in [0.4, 0.5) is 10.5 Å². The Kier molecular flexibility index (Phi) is 4.99. The van der Waals surface area contributed by atoms with Crippen molar-refractivity contribution in [2.24, 2.45) is 0 Å². The lowest BCUT2D eigenvalue weighted by atomic mass is 10.3. The second-order valence-electron chi connectivity index (χ2n) is 5.65. The number of carbonyl (C=O) groups excluding carboxylic acids is 1. The number of carbonyl (C=O) groups is 1. The Morgan fingerprint density at radius 1 is 1.12 bits per heavy atom. The summed E-state index contributed by atoms with van der Waals surface area (Å²) < 4.78 is 10.7. The van der Waals surface area contributed by atoms with Gasteiger partial charge in [-0.25, -0.2) is 4.79 Å². The molecule has 0 radical (unpaired) electrons. The smallest absolute Gasteiger partial charge is 0.321 e. The van der Waals surface area contributed by atoms with Crippen molar-refractivity contribution < 1.29 is 14.1 Å². The molecule has 1 N–H and O–H groups in total. The Bertz CT molecular complexity index is 829. The minimum absolute atomic E-state index is 0.225. The third-order valence-electron chi connectivity index (χ3n) is 3.51. The van der Waals surface area contributed by atoms with Gasteiger partial charge in [0.1, 0.15) is 23.0 Å². The van der Waals surface area contributed by atoms with E-state index < -0.39 is 0 Å². The van der Waals surface area contributed by atoms with E-state index in [-0.39, 0.29) is 6.03 Å². The third kappa shape index (κ3) is 4.60. The lowest BCUT2D eigenvalue weighted by molar-refractivity contribution is 0.219. The molecule has 3 aromatic rings. The highest BCUT2D eigenvalue weighted by molar-refractivity contribution is 5.89. The van der Waals surface area contributed by atoms with E-state index in [2.05, 4.69) is 10.5 Å². The van der Waals surface area contributed by atoms with Crippen molar-refractivity contribution >= 4 is 11.7 Å². The number of anilines is 1. The summed E-state index contributed by atoms with van der Waals surface area (Å²) in [5.74, 6) is 2.19. The minimum Gasteiger partial charge on any atom is -0.457 e. The van der Waals surface area contributed by atoms with Crippen molar-refractivity contribution in [3.8, 4) is 11.5 Å². The standard InChI is InChI=1S/C19H19N3O3/c1-14-12-16(21-25-14)13-22(2)19(23)20-15-8-10-18(11-9-15)24-17-6-4-3-5-7-17/h3-12H,13H2,1-2H3,(H,20,23). The van der Waals surface area contributed by atoms with E-state index in [0.29, 0.717) is 23.7 Å². The average Bonchev–Trinajstić information content (AvgIpc) is 3.02. The van der Waals surface area contributed by atoms with Crippen LogP contribution in [-0.4, -0.2) is 23.1 Å². The maximum absolute atomic E-state index is 12.2. The Morgan fingerprint density at radius 2 is 1.80 bits per heavy atom. The molecule has 0 saturated carbocycles. The molecule has 0 aliphatic rings. The second-order valence-corrected chi connectivity index (χ2v) is 5.65. The van der Waals surface area contributed by atoms with Crippen LogP contribution in [0.2, 0.25) is 0 Å². The summed E-state index contributed by atoms with van der Waals surface area (Å²) in [5, 5.41) is 6.72. The fourth-order valence-corrected chi connectivity index (χ4v) is 2.26. The van der Waals surface area contributed by atoms with Gasteiger partial charge in [0, 0.05) is 18.8 Å². The topological polar surface area (TPSA) is 67.6 Å². The molecular weight excluding hydrogens is 318 g/mol. The first kappa shape index (κ1) is 16.6. The number of urea groups is 1. The molecule has 0 atom stereocenters. The van der Waals surface area contributed by atoms with Crippen LogP contribution >= 0.6 is 0 Å². The zero-order valence-corrected chi connectivity index (χ0v) is 14.1. The van der Waals surface area contributed by atoms with Crippen LogP contribution in [0.15, 0.2) is 65.2 Å². The molecule has 0 bridgehead atoms. The maximum atomic E-state index is 12.2. The van der Waals surface area contributed by atoms with E-state index in [9.17, 15) is 4.79 Å². The number of amides is 2. The molecule has 128 valence electrons. The lowest BCUT2D eigenvalue weighted by Crippen LogP contribution is -2.30. The number of rotatable bonds is 5. The molecular formula is C19H19N3O3. The number of hydrogen-bond acceptors (Lipinski definition) is 4. The van der Waals surface area contributed by atoms with Crippen LogP contribution in [0.5, 0.6) is 11.5 Å². The Hall–Kier alpha value is -3.28. The monoisotopic (exact) mass is 337 g/mol. The molecule has 0 spiro atoms. The molecule has 2 amide bonds. The SMILES string of the molecule is Cc1cc(CN(C)C(=O)Nc2ccc(Oc3ccccc3)cc2)no1. The van der Waals surface area contributed by atoms with Crippen LogP contribution in [0, 0.1) is 6.92 Å². The number of aromatic nitrogens is 1. The van der Waals surface area contributed by atoms with Gasteiger partial charge in [-0.1, -0.05) is 23.4 Å². The van der Waals surface area contributed by atoms with Crippen molar-refractivity contribution in [1.82, 2.24) is 10.1 Å². The average molecular weight is 337 g/mol. The summed E-state index contributed by atoms with van der Waals surface area (Å²) in [6.45, 7) is 2.19. The molecule has 0 saturated heterocycles. The molecule has 2 aromatic carbocycles. The van der Waals surface area contributed by atoms with Crippen LogP contribution < -0.4 is 10.1 Å². The molecule has 0 aliphatic carbocycles. The van der Waals surface area contributed by atoms with Gasteiger partial charge in [0.25, 0.3) is 0 Å². The number of nitrogens with zero attached hydrogens (tertiary/aromatic N) is 2. The molecule has 1 aromatic heterocycles. The summed E-state index contributed by atoms with van der Waals surface area (Å²) in [6, 6.07) is 18.3. The van der Waals surface area contributed by atoms with Gasteiger partial charge >= 0.3 is 6.03 Å². The number of aryl methyl sites for hydroxylation is 1. The number of benzene rings is 2. The van der Waals surface area contributed by atoms with Crippen molar-refractivity contribution in [2.75, 3.05) is 12.4 Å². The normalized spacial score (nSPS) is 10.3. The van der Waals surface area contributed by atoms with Crippen molar-refractivity contribution in [2.45, 2.75) is 13.5 Å². The predicted octanol–water partition coefficient (Wildman–Crippen LogP) is 4.44. The van der Waals surface area contributed by atoms with Crippen molar-refractivity contribution in [1.29, 1.82) is 0 Å². The summed E-state index contributed by atoms with van der Waals surface area (Å²) in [5.41, 5.74) is 1.40. The van der Waals surface area contributed by atoms with Gasteiger partial charge in [-0.3, -0.25) is 0 Å². The first-order chi connectivity index (χ1) is 12.1. The quantitative estimate of drug-likeness (QED) is 0.747.